The molecule has 1 heterocycles. The van der Waals surface area contributed by atoms with Crippen LogP contribution in [0.1, 0.15) is 18.4 Å². The molecule has 98 valence electrons. The van der Waals surface area contributed by atoms with Crippen LogP contribution in [0.5, 0.6) is 5.75 Å². The van der Waals surface area contributed by atoms with Gasteiger partial charge < -0.3 is 4.74 Å². The Balaban J connectivity index is 1.89. The molecular formula is C13H16ClNO3. The summed E-state index contributed by atoms with van der Waals surface area (Å²) in [5.74, 6) is 0.675. The van der Waals surface area contributed by atoms with Crippen molar-refractivity contribution in [2.24, 2.45) is 0 Å². The summed E-state index contributed by atoms with van der Waals surface area (Å²) in [5, 5.41) is 2.02. The normalized spacial score (nSPS) is 14.9. The van der Waals surface area contributed by atoms with Crippen molar-refractivity contribution in [2.45, 2.75) is 19.3 Å². The Labute approximate surface area is 111 Å². The van der Waals surface area contributed by atoms with E-state index in [1.54, 1.807) is 7.11 Å². The number of carbonyl (C=O) groups excluding carboxylic acids is 1. The number of carbonyl (C=O) groups is 1. The van der Waals surface area contributed by atoms with Gasteiger partial charge in [-0.2, -0.15) is 0 Å². The van der Waals surface area contributed by atoms with Gasteiger partial charge in [0.25, 0.3) is 0 Å². The topological polar surface area (TPSA) is 38.8 Å². The number of ether oxygens (including phenoxy) is 1. The zero-order chi connectivity index (χ0) is 13.0. The number of aryl methyl sites for hydroxylation is 1. The zero-order valence-electron chi connectivity index (χ0n) is 10.3. The van der Waals surface area contributed by atoms with Crippen molar-refractivity contribution >= 4 is 17.5 Å². The quantitative estimate of drug-likeness (QED) is 0.843. The molecule has 1 aliphatic rings. The zero-order valence-corrected chi connectivity index (χ0v) is 11.1. The maximum Gasteiger partial charge on any atom is 0.246 e. The molecule has 18 heavy (non-hydrogen) atoms. The summed E-state index contributed by atoms with van der Waals surface area (Å²) in [6.07, 6.45) is 2.01. The summed E-state index contributed by atoms with van der Waals surface area (Å²) in [6, 6.07) is 5.57. The number of hydroxylamine groups is 2. The molecule has 1 amide bonds. The van der Waals surface area contributed by atoms with Crippen molar-refractivity contribution < 1.29 is 14.4 Å². The molecule has 0 aliphatic carbocycles. The minimum Gasteiger partial charge on any atom is -0.495 e. The van der Waals surface area contributed by atoms with Gasteiger partial charge in [0.2, 0.25) is 5.91 Å². The summed E-state index contributed by atoms with van der Waals surface area (Å²) in [5.41, 5.74) is 1.02. The number of hydrogen-bond donors (Lipinski definition) is 0. The van der Waals surface area contributed by atoms with E-state index >= 15 is 0 Å². The lowest BCUT2D eigenvalue weighted by molar-refractivity contribution is -0.168. The Kier molecular flexibility index (Phi) is 4.44. The van der Waals surface area contributed by atoms with Crippen LogP contribution in [0, 0.1) is 0 Å². The molecule has 0 bridgehead atoms. The molecule has 1 aromatic rings. The summed E-state index contributed by atoms with van der Waals surface area (Å²) < 4.78 is 5.08. The standard InChI is InChI=1S/C13H16ClNO3/c1-17-12-5-3-10(9-11(12)14)4-6-13(16)15-7-2-8-18-15/h3,5,9H,2,4,6-8H2,1H3. The number of halogens is 1. The first-order chi connectivity index (χ1) is 8.70. The molecule has 1 saturated heterocycles. The lowest BCUT2D eigenvalue weighted by Gasteiger charge is -2.13. The van der Waals surface area contributed by atoms with Crippen LogP contribution in [-0.4, -0.2) is 31.2 Å². The van der Waals surface area contributed by atoms with Gasteiger partial charge in [-0.05, 0) is 30.5 Å². The van der Waals surface area contributed by atoms with E-state index in [9.17, 15) is 4.79 Å². The van der Waals surface area contributed by atoms with Crippen molar-refractivity contribution in [1.82, 2.24) is 5.06 Å². The van der Waals surface area contributed by atoms with Crippen LogP contribution in [0.3, 0.4) is 0 Å². The van der Waals surface area contributed by atoms with E-state index in [-0.39, 0.29) is 5.91 Å². The fourth-order valence-electron chi connectivity index (χ4n) is 1.89. The highest BCUT2D eigenvalue weighted by Crippen LogP contribution is 2.25. The predicted octanol–water partition coefficient (Wildman–Crippen LogP) is 2.45. The number of benzene rings is 1. The molecule has 0 N–H and O–H groups in total. The van der Waals surface area contributed by atoms with Crippen molar-refractivity contribution in [2.75, 3.05) is 20.3 Å². The van der Waals surface area contributed by atoms with E-state index in [0.29, 0.717) is 36.8 Å². The molecule has 0 atom stereocenters. The van der Waals surface area contributed by atoms with Crippen LogP contribution in [0.25, 0.3) is 0 Å². The lowest BCUT2D eigenvalue weighted by atomic mass is 10.1. The van der Waals surface area contributed by atoms with Gasteiger partial charge in [0, 0.05) is 6.42 Å². The third-order valence-electron chi connectivity index (χ3n) is 2.87. The minimum absolute atomic E-state index is 0.0273. The molecule has 2 rings (SSSR count). The van der Waals surface area contributed by atoms with Gasteiger partial charge in [-0.3, -0.25) is 9.63 Å². The Morgan fingerprint density at radius 1 is 1.56 bits per heavy atom. The van der Waals surface area contributed by atoms with Crippen molar-refractivity contribution in [3.8, 4) is 5.75 Å². The monoisotopic (exact) mass is 269 g/mol. The first-order valence-electron chi connectivity index (χ1n) is 5.96. The van der Waals surface area contributed by atoms with Gasteiger partial charge in [0.15, 0.2) is 0 Å². The molecule has 1 fully saturated rings. The average Bonchev–Trinajstić information content (AvgIpc) is 2.90. The van der Waals surface area contributed by atoms with Crippen LogP contribution in [0.4, 0.5) is 0 Å². The van der Waals surface area contributed by atoms with Gasteiger partial charge in [-0.1, -0.05) is 17.7 Å². The highest BCUT2D eigenvalue weighted by Gasteiger charge is 2.18. The van der Waals surface area contributed by atoms with E-state index in [4.69, 9.17) is 21.2 Å². The van der Waals surface area contributed by atoms with Crippen LogP contribution >= 0.6 is 11.6 Å². The number of hydrogen-bond acceptors (Lipinski definition) is 3. The fraction of sp³-hybridized carbons (Fsp3) is 0.462. The second kappa shape index (κ2) is 6.07. The average molecular weight is 270 g/mol. The van der Waals surface area contributed by atoms with E-state index in [0.717, 1.165) is 12.0 Å². The molecule has 0 aromatic heterocycles. The second-order valence-corrected chi connectivity index (χ2v) is 4.56. The predicted molar refractivity (Wildman–Crippen MR) is 68.6 cm³/mol. The van der Waals surface area contributed by atoms with Crippen LogP contribution in [0.15, 0.2) is 18.2 Å². The van der Waals surface area contributed by atoms with Crippen LogP contribution < -0.4 is 4.74 Å². The van der Waals surface area contributed by atoms with E-state index in [2.05, 4.69) is 0 Å². The Hall–Kier alpha value is -1.26. The summed E-state index contributed by atoms with van der Waals surface area (Å²) >= 11 is 6.03. The van der Waals surface area contributed by atoms with Gasteiger partial charge in [0.1, 0.15) is 5.75 Å². The minimum atomic E-state index is 0.0273. The third-order valence-corrected chi connectivity index (χ3v) is 3.17. The van der Waals surface area contributed by atoms with Gasteiger partial charge in [0.05, 0.1) is 25.3 Å². The molecule has 1 aromatic carbocycles. The number of amides is 1. The first-order valence-corrected chi connectivity index (χ1v) is 6.34. The third kappa shape index (κ3) is 3.15. The van der Waals surface area contributed by atoms with E-state index < -0.39 is 0 Å². The number of methoxy groups -OCH3 is 1. The maximum absolute atomic E-state index is 11.8. The highest BCUT2D eigenvalue weighted by molar-refractivity contribution is 6.32. The second-order valence-electron chi connectivity index (χ2n) is 4.15. The molecule has 0 spiro atoms. The molecule has 0 radical (unpaired) electrons. The summed E-state index contributed by atoms with van der Waals surface area (Å²) in [6.45, 7) is 1.34. The first kappa shape index (κ1) is 13.2. The van der Waals surface area contributed by atoms with Crippen LogP contribution in [0.2, 0.25) is 5.02 Å². The molecule has 1 aliphatic heterocycles. The van der Waals surface area contributed by atoms with Crippen molar-refractivity contribution in [3.63, 3.8) is 0 Å². The number of nitrogens with zero attached hydrogens (tertiary/aromatic N) is 1. The Morgan fingerprint density at radius 2 is 2.39 bits per heavy atom. The van der Waals surface area contributed by atoms with Gasteiger partial charge in [-0.25, -0.2) is 5.06 Å². The number of rotatable bonds is 4. The summed E-state index contributed by atoms with van der Waals surface area (Å²) in [4.78, 5) is 17.0. The van der Waals surface area contributed by atoms with E-state index in [1.807, 2.05) is 18.2 Å². The van der Waals surface area contributed by atoms with Gasteiger partial charge in [-0.15, -0.1) is 0 Å². The fourth-order valence-corrected chi connectivity index (χ4v) is 2.17. The van der Waals surface area contributed by atoms with Crippen molar-refractivity contribution in [3.05, 3.63) is 28.8 Å². The van der Waals surface area contributed by atoms with E-state index in [1.165, 1.54) is 5.06 Å². The summed E-state index contributed by atoms with van der Waals surface area (Å²) in [7, 11) is 1.58. The Morgan fingerprint density at radius 3 is 3.00 bits per heavy atom. The molecule has 5 heteroatoms. The van der Waals surface area contributed by atoms with Crippen molar-refractivity contribution in [1.29, 1.82) is 0 Å². The lowest BCUT2D eigenvalue weighted by Crippen LogP contribution is -2.26. The highest BCUT2D eigenvalue weighted by atomic mass is 35.5. The molecule has 0 saturated carbocycles. The SMILES string of the molecule is COc1ccc(CCC(=O)N2CCCO2)cc1Cl. The molecule has 0 unspecified atom stereocenters. The Bertz CT molecular complexity index is 430. The van der Waals surface area contributed by atoms with Gasteiger partial charge >= 0.3 is 0 Å². The molecular weight excluding hydrogens is 254 g/mol. The maximum atomic E-state index is 11.8. The largest absolute Gasteiger partial charge is 0.495 e. The van der Waals surface area contributed by atoms with Crippen LogP contribution in [-0.2, 0) is 16.1 Å². The smallest absolute Gasteiger partial charge is 0.246 e. The molecule has 4 nitrogen and oxygen atoms in total.